The fourth-order valence-electron chi connectivity index (χ4n) is 3.60. The molecule has 10 heteroatoms. The maximum atomic E-state index is 11.6. The Morgan fingerprint density at radius 2 is 2.19 bits per heavy atom. The van der Waals surface area contributed by atoms with E-state index in [0.29, 0.717) is 28.8 Å². The molecule has 4 aromatic heterocycles. The number of aromatic amines is 1. The van der Waals surface area contributed by atoms with E-state index in [9.17, 15) is 4.79 Å². The van der Waals surface area contributed by atoms with E-state index in [-0.39, 0.29) is 11.8 Å². The van der Waals surface area contributed by atoms with Crippen LogP contribution >= 0.6 is 11.9 Å². The molecule has 0 bridgehead atoms. The van der Waals surface area contributed by atoms with Gasteiger partial charge in [0, 0.05) is 43.0 Å². The first kappa shape index (κ1) is 20.2. The van der Waals surface area contributed by atoms with E-state index in [2.05, 4.69) is 36.0 Å². The number of ketones is 1. The van der Waals surface area contributed by atoms with Gasteiger partial charge in [0.1, 0.15) is 22.6 Å². The topological polar surface area (TPSA) is 133 Å². The van der Waals surface area contributed by atoms with Crippen molar-refractivity contribution in [1.82, 2.24) is 24.7 Å². The molecule has 4 heterocycles. The molecular weight excluding hydrogens is 426 g/mol. The Morgan fingerprint density at radius 3 is 2.97 bits per heavy atom. The highest BCUT2D eigenvalue weighted by molar-refractivity contribution is 7.97. The van der Waals surface area contributed by atoms with Crippen LogP contribution in [0.25, 0.3) is 22.5 Å². The zero-order valence-electron chi connectivity index (χ0n) is 17.1. The number of rotatable bonds is 7. The third-order valence-corrected chi connectivity index (χ3v) is 6.25. The third kappa shape index (κ3) is 3.95. The van der Waals surface area contributed by atoms with Gasteiger partial charge in [0.05, 0.1) is 22.9 Å². The molecule has 0 spiro atoms. The van der Waals surface area contributed by atoms with Crippen molar-refractivity contribution >= 4 is 34.5 Å². The Morgan fingerprint density at radius 1 is 1.31 bits per heavy atom. The van der Waals surface area contributed by atoms with Crippen molar-refractivity contribution in [2.24, 2.45) is 0 Å². The smallest absolute Gasteiger partial charge is 0.230 e. The summed E-state index contributed by atoms with van der Waals surface area (Å²) in [5.74, 6) is 0.215. The quantitative estimate of drug-likeness (QED) is 0.286. The van der Waals surface area contributed by atoms with Crippen molar-refractivity contribution in [2.45, 2.75) is 36.9 Å². The van der Waals surface area contributed by atoms with Crippen LogP contribution in [0.5, 0.6) is 0 Å². The van der Waals surface area contributed by atoms with Crippen LogP contribution in [-0.2, 0) is 0 Å². The minimum atomic E-state index is -0.148. The van der Waals surface area contributed by atoms with Crippen LogP contribution in [0.2, 0.25) is 0 Å². The molecule has 4 aromatic rings. The van der Waals surface area contributed by atoms with Gasteiger partial charge in [-0.3, -0.25) is 9.52 Å². The maximum Gasteiger partial charge on any atom is 0.230 e. The highest BCUT2D eigenvalue weighted by Crippen LogP contribution is 2.36. The molecule has 32 heavy (non-hydrogen) atoms. The first-order chi connectivity index (χ1) is 15.6. The van der Waals surface area contributed by atoms with Crippen molar-refractivity contribution in [2.75, 3.05) is 5.32 Å². The number of anilines is 1. The molecule has 0 atom stereocenters. The lowest BCUT2D eigenvalue weighted by molar-refractivity contribution is 0.101. The van der Waals surface area contributed by atoms with Gasteiger partial charge in [-0.2, -0.15) is 5.26 Å². The molecule has 9 nitrogen and oxygen atoms in total. The lowest BCUT2D eigenvalue weighted by Crippen LogP contribution is -2.45. The highest BCUT2D eigenvalue weighted by Gasteiger charge is 2.31. The molecule has 1 aliphatic rings. The second-order valence-corrected chi connectivity index (χ2v) is 8.46. The van der Waals surface area contributed by atoms with Crippen molar-refractivity contribution < 1.29 is 9.21 Å². The van der Waals surface area contributed by atoms with E-state index in [4.69, 9.17) is 9.68 Å². The minimum absolute atomic E-state index is 0.148. The van der Waals surface area contributed by atoms with Gasteiger partial charge >= 0.3 is 0 Å². The number of aromatic nitrogens is 4. The number of nitriles is 1. The number of nitrogens with one attached hydrogen (secondary N) is 3. The monoisotopic (exact) mass is 445 g/mol. The number of nitrogens with zero attached hydrogens (tertiary/aromatic N) is 4. The first-order valence-corrected chi connectivity index (χ1v) is 10.9. The van der Waals surface area contributed by atoms with Crippen LogP contribution in [0, 0.1) is 11.3 Å². The molecule has 0 aromatic carbocycles. The van der Waals surface area contributed by atoms with Crippen molar-refractivity contribution in [1.29, 1.82) is 5.26 Å². The molecule has 0 unspecified atom stereocenters. The summed E-state index contributed by atoms with van der Waals surface area (Å²) in [6.45, 7) is 1.46. The average Bonchev–Trinajstić information content (AvgIpc) is 3.45. The predicted molar refractivity (Wildman–Crippen MR) is 120 cm³/mol. The van der Waals surface area contributed by atoms with Gasteiger partial charge in [0.15, 0.2) is 5.78 Å². The summed E-state index contributed by atoms with van der Waals surface area (Å²) >= 11 is 1.44. The molecule has 1 fully saturated rings. The second-order valence-electron chi connectivity index (χ2n) is 7.60. The predicted octanol–water partition coefficient (Wildman–Crippen LogP) is 3.93. The second kappa shape index (κ2) is 8.45. The number of hydrogen-bond acceptors (Lipinski definition) is 9. The SMILES string of the molecule is CC(=O)c1coc(-c2cnc3[nH]ccc3c2N[C@H]2C[C@H](NSc3cc(C#N)ccn3)C2)n1. The molecule has 3 N–H and O–H groups in total. The molecule has 160 valence electrons. The summed E-state index contributed by atoms with van der Waals surface area (Å²) < 4.78 is 8.99. The summed E-state index contributed by atoms with van der Waals surface area (Å²) in [6.07, 6.45) is 8.40. The highest BCUT2D eigenvalue weighted by atomic mass is 32.2. The number of oxazole rings is 1. The van der Waals surface area contributed by atoms with Crippen LogP contribution < -0.4 is 10.0 Å². The molecule has 1 aliphatic carbocycles. The van der Waals surface area contributed by atoms with Gasteiger partial charge in [0.2, 0.25) is 5.89 Å². The summed E-state index contributed by atoms with van der Waals surface area (Å²) in [5.41, 5.74) is 3.25. The minimum Gasteiger partial charge on any atom is -0.444 e. The molecule has 0 aliphatic heterocycles. The fraction of sp³-hybridized carbons (Fsp3) is 0.227. The molecule has 1 saturated carbocycles. The van der Waals surface area contributed by atoms with E-state index in [1.807, 2.05) is 12.3 Å². The first-order valence-electron chi connectivity index (χ1n) is 10.1. The average molecular weight is 446 g/mol. The van der Waals surface area contributed by atoms with Crippen LogP contribution in [0.1, 0.15) is 35.8 Å². The number of pyridine rings is 2. The normalized spacial score (nSPS) is 17.6. The molecule has 0 radical (unpaired) electrons. The van der Waals surface area contributed by atoms with E-state index >= 15 is 0 Å². The lowest BCUT2D eigenvalue weighted by Gasteiger charge is -2.37. The van der Waals surface area contributed by atoms with Crippen LogP contribution in [0.4, 0.5) is 5.69 Å². The molecule has 0 amide bonds. The van der Waals surface area contributed by atoms with Crippen LogP contribution in [-0.4, -0.2) is 37.8 Å². The van der Waals surface area contributed by atoms with Crippen LogP contribution in [0.15, 0.2) is 52.5 Å². The molecule has 0 saturated heterocycles. The van der Waals surface area contributed by atoms with E-state index in [1.54, 1.807) is 24.5 Å². The standard InChI is InChI=1S/C22H19N7O2S/c1-12(30)18-11-31-22(28-18)17-10-26-21-16(3-5-25-21)20(17)27-14-7-15(8-14)29-32-19-6-13(9-23)2-4-24-19/h2-6,10-11,14-15,29H,7-8H2,1H3,(H2,25,26,27)/t14-,15-. The van der Waals surface area contributed by atoms with Crippen molar-refractivity contribution in [3.63, 3.8) is 0 Å². The lowest BCUT2D eigenvalue weighted by atomic mass is 9.87. The van der Waals surface area contributed by atoms with E-state index in [0.717, 1.165) is 34.6 Å². The van der Waals surface area contributed by atoms with Gasteiger partial charge in [-0.1, -0.05) is 0 Å². The Bertz CT molecular complexity index is 1330. The van der Waals surface area contributed by atoms with Gasteiger partial charge in [0.25, 0.3) is 0 Å². The number of carbonyl (C=O) groups is 1. The largest absolute Gasteiger partial charge is 0.444 e. The number of Topliss-reactive ketones (excluding diaryl/α,β-unsaturated/α-hetero) is 1. The number of H-pyrrole nitrogens is 1. The van der Waals surface area contributed by atoms with Gasteiger partial charge in [-0.05, 0) is 43.0 Å². The maximum absolute atomic E-state index is 11.6. The fourth-order valence-corrected chi connectivity index (χ4v) is 4.38. The van der Waals surface area contributed by atoms with Crippen molar-refractivity contribution in [3.8, 4) is 17.5 Å². The number of fused-ring (bicyclic) bond motifs is 1. The summed E-state index contributed by atoms with van der Waals surface area (Å²) in [6, 6.07) is 8.12. The zero-order chi connectivity index (χ0) is 22.1. The van der Waals surface area contributed by atoms with Gasteiger partial charge in [-0.15, -0.1) is 0 Å². The summed E-state index contributed by atoms with van der Waals surface area (Å²) in [7, 11) is 0. The zero-order valence-corrected chi connectivity index (χ0v) is 17.9. The molecule has 5 rings (SSSR count). The Kier molecular flexibility index (Phi) is 5.34. The number of carbonyl (C=O) groups excluding carboxylic acids is 1. The molecular formula is C22H19N7O2S. The van der Waals surface area contributed by atoms with E-state index in [1.165, 1.54) is 25.1 Å². The van der Waals surface area contributed by atoms with Crippen molar-refractivity contribution in [3.05, 3.63) is 54.3 Å². The summed E-state index contributed by atoms with van der Waals surface area (Å²) in [5, 5.41) is 14.3. The third-order valence-electron chi connectivity index (χ3n) is 5.36. The Labute approximate surface area is 187 Å². The van der Waals surface area contributed by atoms with Gasteiger partial charge < -0.3 is 14.7 Å². The summed E-state index contributed by atoms with van der Waals surface area (Å²) in [4.78, 5) is 27.8. The number of hydrogen-bond donors (Lipinski definition) is 3. The van der Waals surface area contributed by atoms with Gasteiger partial charge in [-0.25, -0.2) is 15.0 Å². The van der Waals surface area contributed by atoms with Crippen LogP contribution in [0.3, 0.4) is 0 Å². The van der Waals surface area contributed by atoms with E-state index < -0.39 is 0 Å². The Hall–Kier alpha value is -3.68. The Balaban J connectivity index is 1.29.